The second-order valence-electron chi connectivity index (χ2n) is 5.55. The molecule has 1 heterocycles. The van der Waals surface area contributed by atoms with Crippen molar-refractivity contribution < 1.29 is 0 Å². The van der Waals surface area contributed by atoms with Gasteiger partial charge >= 0.3 is 0 Å². The van der Waals surface area contributed by atoms with E-state index in [1.807, 2.05) is 19.1 Å². The lowest BCUT2D eigenvalue weighted by atomic mass is 10.3. The van der Waals surface area contributed by atoms with Crippen LogP contribution < -0.4 is 10.6 Å². The lowest BCUT2D eigenvalue weighted by Gasteiger charge is -2.12. The van der Waals surface area contributed by atoms with Crippen molar-refractivity contribution in [3.8, 4) is 0 Å². The summed E-state index contributed by atoms with van der Waals surface area (Å²) < 4.78 is 0. The van der Waals surface area contributed by atoms with Crippen molar-refractivity contribution in [3.05, 3.63) is 40.0 Å². The van der Waals surface area contributed by atoms with Crippen LogP contribution in [0.5, 0.6) is 0 Å². The molecule has 0 saturated carbocycles. The van der Waals surface area contributed by atoms with E-state index in [0.29, 0.717) is 21.8 Å². The van der Waals surface area contributed by atoms with Crippen LogP contribution in [0, 0.1) is 6.92 Å². The van der Waals surface area contributed by atoms with Gasteiger partial charge < -0.3 is 15.5 Å². The Morgan fingerprint density at radius 1 is 1.13 bits per heavy atom. The summed E-state index contributed by atoms with van der Waals surface area (Å²) in [5.41, 5.74) is 1.63. The minimum absolute atomic E-state index is 0.550. The molecule has 0 radical (unpaired) electrons. The van der Waals surface area contributed by atoms with Crippen LogP contribution in [-0.4, -0.2) is 42.1 Å². The van der Waals surface area contributed by atoms with E-state index in [9.17, 15) is 0 Å². The van der Waals surface area contributed by atoms with E-state index in [-0.39, 0.29) is 0 Å². The van der Waals surface area contributed by atoms with E-state index in [0.717, 1.165) is 30.9 Å². The van der Waals surface area contributed by atoms with Crippen LogP contribution in [0.4, 0.5) is 17.5 Å². The molecule has 0 unspecified atom stereocenters. The molecule has 0 bridgehead atoms. The Morgan fingerprint density at radius 2 is 1.91 bits per heavy atom. The summed E-state index contributed by atoms with van der Waals surface area (Å²) in [5.74, 6) is 1.30. The average Bonchev–Trinajstić information content (AvgIpc) is 2.46. The van der Waals surface area contributed by atoms with Crippen LogP contribution >= 0.6 is 23.2 Å². The zero-order valence-corrected chi connectivity index (χ0v) is 15.0. The van der Waals surface area contributed by atoms with Gasteiger partial charge in [0.15, 0.2) is 0 Å². The highest BCUT2D eigenvalue weighted by molar-refractivity contribution is 6.36. The minimum atomic E-state index is 0.550. The molecule has 124 valence electrons. The number of anilines is 3. The molecule has 0 aliphatic carbocycles. The zero-order valence-electron chi connectivity index (χ0n) is 13.5. The van der Waals surface area contributed by atoms with Gasteiger partial charge in [-0.15, -0.1) is 0 Å². The number of nitrogens with one attached hydrogen (secondary N) is 2. The Morgan fingerprint density at radius 3 is 2.61 bits per heavy atom. The first-order valence-electron chi connectivity index (χ1n) is 7.40. The highest BCUT2D eigenvalue weighted by atomic mass is 35.5. The van der Waals surface area contributed by atoms with Crippen molar-refractivity contribution in [1.82, 2.24) is 14.9 Å². The normalized spacial score (nSPS) is 10.9. The molecule has 5 nitrogen and oxygen atoms in total. The zero-order chi connectivity index (χ0) is 16.8. The molecule has 1 aromatic carbocycles. The van der Waals surface area contributed by atoms with Crippen molar-refractivity contribution in [2.45, 2.75) is 13.3 Å². The molecule has 0 spiro atoms. The van der Waals surface area contributed by atoms with Gasteiger partial charge in [-0.25, -0.2) is 4.98 Å². The molecular weight excluding hydrogens is 333 g/mol. The van der Waals surface area contributed by atoms with E-state index in [2.05, 4.69) is 39.6 Å². The van der Waals surface area contributed by atoms with Gasteiger partial charge in [0.25, 0.3) is 0 Å². The monoisotopic (exact) mass is 353 g/mol. The van der Waals surface area contributed by atoms with Crippen LogP contribution in [0.1, 0.15) is 12.1 Å². The number of hydrogen-bond acceptors (Lipinski definition) is 5. The maximum atomic E-state index is 6.18. The first kappa shape index (κ1) is 17.8. The van der Waals surface area contributed by atoms with E-state index in [1.165, 1.54) is 0 Å². The molecule has 2 aromatic rings. The Bertz CT molecular complexity index is 661. The fourth-order valence-corrected chi connectivity index (χ4v) is 2.49. The Kier molecular flexibility index (Phi) is 6.45. The fraction of sp³-hybridized carbons (Fsp3) is 0.375. The highest BCUT2D eigenvalue weighted by Gasteiger charge is 2.06. The van der Waals surface area contributed by atoms with Gasteiger partial charge in [0.1, 0.15) is 5.82 Å². The first-order valence-corrected chi connectivity index (χ1v) is 8.16. The lowest BCUT2D eigenvalue weighted by molar-refractivity contribution is 0.405. The van der Waals surface area contributed by atoms with E-state index < -0.39 is 0 Å². The maximum Gasteiger partial charge on any atom is 0.224 e. The summed E-state index contributed by atoms with van der Waals surface area (Å²) in [6.45, 7) is 3.77. The fourth-order valence-electron chi connectivity index (χ4n) is 2.04. The standard InChI is InChI=1S/C16H21Cl2N5/c1-11-9-15(21-14-6-5-12(17)10-13(14)18)22-16(20-11)19-7-4-8-23(2)3/h5-6,9-10H,4,7-8H2,1-3H3,(H2,19,20,21,22). The molecule has 0 amide bonds. The van der Waals surface area contributed by atoms with Crippen LogP contribution in [0.25, 0.3) is 0 Å². The number of rotatable bonds is 7. The molecule has 1 aromatic heterocycles. The van der Waals surface area contributed by atoms with Gasteiger partial charge in [-0.05, 0) is 52.2 Å². The number of halogens is 2. The predicted octanol–water partition coefficient (Wildman–Crippen LogP) is 4.20. The highest BCUT2D eigenvalue weighted by Crippen LogP contribution is 2.28. The molecule has 0 aliphatic rings. The Hall–Kier alpha value is -1.56. The van der Waals surface area contributed by atoms with Crippen LogP contribution in [0.3, 0.4) is 0 Å². The van der Waals surface area contributed by atoms with Gasteiger partial charge in [-0.3, -0.25) is 0 Å². The lowest BCUT2D eigenvalue weighted by Crippen LogP contribution is -2.17. The Balaban J connectivity index is 2.04. The molecule has 2 rings (SSSR count). The first-order chi connectivity index (χ1) is 10.9. The van der Waals surface area contributed by atoms with Crippen LogP contribution in [0.2, 0.25) is 10.0 Å². The quantitative estimate of drug-likeness (QED) is 0.730. The van der Waals surface area contributed by atoms with Crippen LogP contribution in [-0.2, 0) is 0 Å². The van der Waals surface area contributed by atoms with Crippen LogP contribution in [0.15, 0.2) is 24.3 Å². The number of benzene rings is 1. The minimum Gasteiger partial charge on any atom is -0.354 e. The predicted molar refractivity (Wildman–Crippen MR) is 98.2 cm³/mol. The molecule has 7 heteroatoms. The maximum absolute atomic E-state index is 6.18. The third kappa shape index (κ3) is 5.86. The summed E-state index contributed by atoms with van der Waals surface area (Å²) in [4.78, 5) is 11.0. The summed E-state index contributed by atoms with van der Waals surface area (Å²) in [6.07, 6.45) is 1.02. The van der Waals surface area contributed by atoms with E-state index in [1.54, 1.807) is 12.1 Å². The topological polar surface area (TPSA) is 53.1 Å². The summed E-state index contributed by atoms with van der Waals surface area (Å²) in [6, 6.07) is 7.17. The number of aromatic nitrogens is 2. The van der Waals surface area contributed by atoms with Crippen molar-refractivity contribution >= 4 is 40.7 Å². The summed E-state index contributed by atoms with van der Waals surface area (Å²) in [7, 11) is 4.11. The summed E-state index contributed by atoms with van der Waals surface area (Å²) in [5, 5.41) is 7.60. The number of hydrogen-bond donors (Lipinski definition) is 2. The molecular formula is C16H21Cl2N5. The Labute approximate surface area is 147 Å². The SMILES string of the molecule is Cc1cc(Nc2ccc(Cl)cc2Cl)nc(NCCCN(C)C)n1. The average molecular weight is 354 g/mol. The number of aryl methyl sites for hydroxylation is 1. The molecule has 0 aliphatic heterocycles. The smallest absolute Gasteiger partial charge is 0.224 e. The van der Waals surface area contributed by atoms with E-state index >= 15 is 0 Å². The molecule has 23 heavy (non-hydrogen) atoms. The molecule has 0 atom stereocenters. The number of nitrogens with zero attached hydrogens (tertiary/aromatic N) is 3. The second kappa shape index (κ2) is 8.34. The largest absolute Gasteiger partial charge is 0.354 e. The third-order valence-corrected chi connectivity index (χ3v) is 3.66. The van der Waals surface area contributed by atoms with E-state index in [4.69, 9.17) is 23.2 Å². The van der Waals surface area contributed by atoms with Gasteiger partial charge in [0, 0.05) is 23.3 Å². The second-order valence-corrected chi connectivity index (χ2v) is 6.39. The van der Waals surface area contributed by atoms with Crippen molar-refractivity contribution in [1.29, 1.82) is 0 Å². The molecule has 2 N–H and O–H groups in total. The third-order valence-electron chi connectivity index (χ3n) is 3.11. The molecule has 0 saturated heterocycles. The molecule has 0 fully saturated rings. The van der Waals surface area contributed by atoms with Crippen molar-refractivity contribution in [2.24, 2.45) is 0 Å². The van der Waals surface area contributed by atoms with Gasteiger partial charge in [-0.1, -0.05) is 23.2 Å². The van der Waals surface area contributed by atoms with Gasteiger partial charge in [0.2, 0.25) is 5.95 Å². The van der Waals surface area contributed by atoms with Crippen molar-refractivity contribution in [3.63, 3.8) is 0 Å². The van der Waals surface area contributed by atoms with Gasteiger partial charge in [-0.2, -0.15) is 4.98 Å². The van der Waals surface area contributed by atoms with Gasteiger partial charge in [0.05, 0.1) is 10.7 Å². The summed E-state index contributed by atoms with van der Waals surface area (Å²) >= 11 is 12.1. The van der Waals surface area contributed by atoms with Crippen molar-refractivity contribution in [2.75, 3.05) is 37.8 Å².